The van der Waals surface area contributed by atoms with Gasteiger partial charge in [0.25, 0.3) is 5.78 Å². The maximum Gasteiger partial charge on any atom is 1.00 e. The molecular weight excluding hydrogens is 217 g/mol. The van der Waals surface area contributed by atoms with Crippen LogP contribution in [0.15, 0.2) is 30.6 Å². The van der Waals surface area contributed by atoms with Gasteiger partial charge in [-0.3, -0.25) is 9.78 Å². The van der Waals surface area contributed by atoms with Gasteiger partial charge < -0.3 is 11.3 Å². The predicted molar refractivity (Wildman–Crippen MR) is 57.6 cm³/mol. The van der Waals surface area contributed by atoms with E-state index in [1.807, 2.05) is 0 Å². The number of ether oxygens (including phenoxy) is 1. The molecule has 0 atom stereocenters. The zero-order valence-electron chi connectivity index (χ0n) is 10.7. The van der Waals surface area contributed by atoms with Crippen LogP contribution in [0.4, 0.5) is 0 Å². The van der Waals surface area contributed by atoms with Crippen molar-refractivity contribution in [2.75, 3.05) is 6.61 Å². The second kappa shape index (κ2) is 7.66. The molecule has 0 saturated heterocycles. The molecule has 1 N–H and O–H groups in total. The molecule has 1 aromatic rings. The Balaban J connectivity index is 0. The smallest absolute Gasteiger partial charge is 1.00 e. The molecule has 5 nitrogen and oxygen atoms in total. The van der Waals surface area contributed by atoms with Crippen LogP contribution in [-0.2, 0) is 14.3 Å². The quantitative estimate of drug-likeness (QED) is 0.217. The molecule has 6 heteroatoms. The number of aromatic nitrogens is 1. The molecule has 0 amide bonds. The molecule has 1 heterocycles. The maximum atomic E-state index is 11.2. The zero-order chi connectivity index (χ0) is 12.0. The van der Waals surface area contributed by atoms with Crippen molar-refractivity contribution in [2.45, 2.75) is 6.92 Å². The Morgan fingerprint density at radius 1 is 1.59 bits per heavy atom. The average Bonchev–Trinajstić information content (AvgIpc) is 2.30. The van der Waals surface area contributed by atoms with Gasteiger partial charge in [0.2, 0.25) is 0 Å². The van der Waals surface area contributed by atoms with Gasteiger partial charge in [-0.2, -0.15) is 0 Å². The molecule has 1 rings (SSSR count). The van der Waals surface area contributed by atoms with Crippen LogP contribution in [0.25, 0.3) is 5.76 Å². The number of aliphatic hydroxyl groups is 1. The van der Waals surface area contributed by atoms with Gasteiger partial charge in [0.15, 0.2) is 0 Å². The van der Waals surface area contributed by atoms with E-state index < -0.39 is 11.8 Å². The van der Waals surface area contributed by atoms with E-state index in [0.29, 0.717) is 5.56 Å². The number of aliphatic hydroxyl groups excluding tert-OH is 1. The van der Waals surface area contributed by atoms with Gasteiger partial charge in [0, 0.05) is 24.0 Å². The molecule has 0 radical (unpaired) electrons. The van der Waals surface area contributed by atoms with Gasteiger partial charge in [-0.1, -0.05) is 0 Å². The Kier molecular flexibility index (Phi) is 6.95. The van der Waals surface area contributed by atoms with Gasteiger partial charge >= 0.3 is 24.8 Å². The number of hydrogen-bond donors (Lipinski definition) is 1. The summed E-state index contributed by atoms with van der Waals surface area (Å²) in [6.45, 7) is 1.71. The third-order valence-electron chi connectivity index (χ3n) is 1.70. The molecule has 0 spiro atoms. The van der Waals surface area contributed by atoms with Crippen LogP contribution in [0.1, 0.15) is 13.9 Å². The summed E-state index contributed by atoms with van der Waals surface area (Å²) in [4.78, 5) is 25.9. The van der Waals surface area contributed by atoms with Crippen molar-refractivity contribution in [2.24, 2.45) is 0 Å². The van der Waals surface area contributed by atoms with E-state index in [-0.39, 0.29) is 32.7 Å². The summed E-state index contributed by atoms with van der Waals surface area (Å²) in [6, 6.07) is 3.17. The summed E-state index contributed by atoms with van der Waals surface area (Å²) in [5.74, 6) is -2.20. The number of ketones is 1. The summed E-state index contributed by atoms with van der Waals surface area (Å²) in [5, 5.41) is 9.50. The van der Waals surface area contributed by atoms with Crippen LogP contribution in [0, 0.1) is 0 Å². The molecule has 0 aromatic carbocycles. The summed E-state index contributed by atoms with van der Waals surface area (Å²) >= 11 is 0. The maximum absolute atomic E-state index is 11.2. The number of nitrogens with zero attached hydrogens (tertiary/aromatic N) is 1. The van der Waals surface area contributed by atoms with Crippen LogP contribution < -0.4 is 18.9 Å². The summed E-state index contributed by atoms with van der Waals surface area (Å²) in [7, 11) is 0. The summed E-state index contributed by atoms with van der Waals surface area (Å²) in [6.07, 6.45) is 3.73. The SMILES string of the molecule is CCOC(=O)C(=O)C=C(O)c1cccnc1.[H-].[Li+]. The van der Waals surface area contributed by atoms with Crippen molar-refractivity contribution >= 4 is 17.5 Å². The standard InChI is InChI=1S/C11H11NO4.Li.H/c1-2-16-11(15)10(14)6-9(13)8-4-3-5-12-7-8;;/h3-7,13H,2H2,1H3;;/q;+1;-1. The Labute approximate surface area is 112 Å². The zero-order valence-corrected chi connectivity index (χ0v) is 9.71. The van der Waals surface area contributed by atoms with Crippen LogP contribution in [-0.4, -0.2) is 28.4 Å². The molecule has 0 aliphatic carbocycles. The third-order valence-corrected chi connectivity index (χ3v) is 1.70. The molecule has 0 fully saturated rings. The van der Waals surface area contributed by atoms with Gasteiger partial charge in [-0.05, 0) is 19.1 Å². The minimum atomic E-state index is -0.988. The molecule has 0 bridgehead atoms. The number of rotatable bonds is 4. The van der Waals surface area contributed by atoms with E-state index in [0.717, 1.165) is 6.08 Å². The molecule has 0 aliphatic heterocycles. The second-order valence-electron chi connectivity index (χ2n) is 2.86. The van der Waals surface area contributed by atoms with Crippen LogP contribution in [0.5, 0.6) is 0 Å². The average molecular weight is 229 g/mol. The monoisotopic (exact) mass is 229 g/mol. The van der Waals surface area contributed by atoms with Gasteiger partial charge in [-0.25, -0.2) is 4.79 Å². The fourth-order valence-corrected chi connectivity index (χ4v) is 0.983. The minimum Gasteiger partial charge on any atom is -1.00 e. The fraction of sp³-hybridized carbons (Fsp3) is 0.182. The Hall–Kier alpha value is -1.57. The molecule has 0 saturated carbocycles. The summed E-state index contributed by atoms with van der Waals surface area (Å²) < 4.78 is 4.48. The number of carbonyl (C=O) groups is 2. The van der Waals surface area contributed by atoms with Gasteiger partial charge in [0.1, 0.15) is 5.76 Å². The largest absolute Gasteiger partial charge is 1.00 e. The van der Waals surface area contributed by atoms with Crippen molar-refractivity contribution < 1.29 is 39.7 Å². The van der Waals surface area contributed by atoms with E-state index in [1.165, 1.54) is 12.4 Å². The second-order valence-corrected chi connectivity index (χ2v) is 2.86. The fourth-order valence-electron chi connectivity index (χ4n) is 0.983. The third kappa shape index (κ3) is 4.85. The van der Waals surface area contributed by atoms with E-state index in [9.17, 15) is 14.7 Å². The number of hydrogen-bond acceptors (Lipinski definition) is 5. The van der Waals surface area contributed by atoms with Crippen molar-refractivity contribution in [3.8, 4) is 0 Å². The summed E-state index contributed by atoms with van der Waals surface area (Å²) in [5.41, 5.74) is 0.361. The first-order chi connectivity index (χ1) is 7.65. The normalized spacial score (nSPS) is 10.3. The Morgan fingerprint density at radius 2 is 2.29 bits per heavy atom. The molecule has 0 aliphatic rings. The first-order valence-corrected chi connectivity index (χ1v) is 4.67. The predicted octanol–water partition coefficient (Wildman–Crippen LogP) is -1.77. The van der Waals surface area contributed by atoms with Crippen LogP contribution >= 0.6 is 0 Å². The minimum absolute atomic E-state index is 0. The van der Waals surface area contributed by atoms with E-state index in [4.69, 9.17) is 0 Å². The topological polar surface area (TPSA) is 76.5 Å². The van der Waals surface area contributed by atoms with Crippen molar-refractivity contribution in [3.05, 3.63) is 36.2 Å². The Morgan fingerprint density at radius 3 is 2.82 bits per heavy atom. The molecule has 0 unspecified atom stereocenters. The molecule has 17 heavy (non-hydrogen) atoms. The number of esters is 1. The van der Waals surface area contributed by atoms with Crippen molar-refractivity contribution in [1.82, 2.24) is 4.98 Å². The van der Waals surface area contributed by atoms with E-state index in [2.05, 4.69) is 9.72 Å². The van der Waals surface area contributed by atoms with Crippen molar-refractivity contribution in [1.29, 1.82) is 0 Å². The van der Waals surface area contributed by atoms with Crippen LogP contribution in [0.2, 0.25) is 0 Å². The molecule has 1 aromatic heterocycles. The van der Waals surface area contributed by atoms with Crippen molar-refractivity contribution in [3.63, 3.8) is 0 Å². The van der Waals surface area contributed by atoms with Crippen LogP contribution in [0.3, 0.4) is 0 Å². The molecular formula is C11H12LiNO4. The van der Waals surface area contributed by atoms with E-state index in [1.54, 1.807) is 19.1 Å². The van der Waals surface area contributed by atoms with Gasteiger partial charge in [-0.15, -0.1) is 0 Å². The number of carbonyl (C=O) groups excluding carboxylic acids is 2. The van der Waals surface area contributed by atoms with E-state index >= 15 is 0 Å². The first-order valence-electron chi connectivity index (χ1n) is 4.67. The first kappa shape index (κ1) is 15.4. The Bertz CT molecular complexity index is 422. The van der Waals surface area contributed by atoms with Gasteiger partial charge in [0.05, 0.1) is 6.61 Å². The molecule has 86 valence electrons. The number of pyridine rings is 1.